The van der Waals surface area contributed by atoms with Crippen molar-refractivity contribution in [3.05, 3.63) is 29.8 Å². The molecular formula is C16H23N3O2. The molecule has 0 spiro atoms. The normalized spacial score (nSPS) is 15.8. The molecule has 0 atom stereocenters. The molecule has 114 valence electrons. The SMILES string of the molecule is CNCC(=O)Nc1cccc(C(=O)N2CCC(C)CC2)c1. The maximum absolute atomic E-state index is 12.5. The molecule has 1 saturated heterocycles. The van der Waals surface area contributed by atoms with Crippen LogP contribution in [0.2, 0.25) is 0 Å². The fraction of sp³-hybridized carbons (Fsp3) is 0.500. The second-order valence-corrected chi connectivity index (χ2v) is 5.63. The van der Waals surface area contributed by atoms with E-state index in [4.69, 9.17) is 0 Å². The third kappa shape index (κ3) is 4.29. The van der Waals surface area contributed by atoms with Crippen LogP contribution in [0.4, 0.5) is 5.69 Å². The highest BCUT2D eigenvalue weighted by molar-refractivity contribution is 5.97. The lowest BCUT2D eigenvalue weighted by Crippen LogP contribution is -2.37. The topological polar surface area (TPSA) is 61.4 Å². The number of carbonyl (C=O) groups is 2. The van der Waals surface area contributed by atoms with Crippen LogP contribution >= 0.6 is 0 Å². The minimum Gasteiger partial charge on any atom is -0.339 e. The number of piperidine rings is 1. The molecule has 5 heteroatoms. The van der Waals surface area contributed by atoms with Crippen LogP contribution in [-0.4, -0.2) is 43.4 Å². The van der Waals surface area contributed by atoms with Gasteiger partial charge in [0.05, 0.1) is 6.54 Å². The van der Waals surface area contributed by atoms with Crippen molar-refractivity contribution in [2.45, 2.75) is 19.8 Å². The summed E-state index contributed by atoms with van der Waals surface area (Å²) in [5, 5.41) is 5.57. The molecule has 1 aliphatic heterocycles. The Labute approximate surface area is 125 Å². The lowest BCUT2D eigenvalue weighted by molar-refractivity contribution is -0.115. The zero-order valence-electron chi connectivity index (χ0n) is 12.7. The van der Waals surface area contributed by atoms with Crippen LogP contribution in [-0.2, 0) is 4.79 Å². The van der Waals surface area contributed by atoms with Gasteiger partial charge >= 0.3 is 0 Å². The van der Waals surface area contributed by atoms with Gasteiger partial charge in [-0.15, -0.1) is 0 Å². The molecule has 1 aromatic carbocycles. The van der Waals surface area contributed by atoms with Crippen molar-refractivity contribution in [2.24, 2.45) is 5.92 Å². The number of nitrogens with zero attached hydrogens (tertiary/aromatic N) is 1. The zero-order valence-corrected chi connectivity index (χ0v) is 12.7. The molecule has 1 aliphatic rings. The highest BCUT2D eigenvalue weighted by Gasteiger charge is 2.21. The molecule has 0 aliphatic carbocycles. The predicted octanol–water partition coefficient (Wildman–Crippen LogP) is 1.72. The van der Waals surface area contributed by atoms with Crippen molar-refractivity contribution >= 4 is 17.5 Å². The van der Waals surface area contributed by atoms with E-state index in [1.807, 2.05) is 4.90 Å². The first-order valence-electron chi connectivity index (χ1n) is 7.44. The van der Waals surface area contributed by atoms with Crippen molar-refractivity contribution in [3.63, 3.8) is 0 Å². The summed E-state index contributed by atoms with van der Waals surface area (Å²) in [5.74, 6) is 0.627. The van der Waals surface area contributed by atoms with Crippen LogP contribution in [0.25, 0.3) is 0 Å². The quantitative estimate of drug-likeness (QED) is 0.887. The number of rotatable bonds is 4. The summed E-state index contributed by atoms with van der Waals surface area (Å²) >= 11 is 0. The van der Waals surface area contributed by atoms with E-state index in [9.17, 15) is 9.59 Å². The highest BCUT2D eigenvalue weighted by Crippen LogP contribution is 2.19. The van der Waals surface area contributed by atoms with Crippen LogP contribution in [0.5, 0.6) is 0 Å². The minimum absolute atomic E-state index is 0.0478. The van der Waals surface area contributed by atoms with Crippen LogP contribution in [0.3, 0.4) is 0 Å². The van der Waals surface area contributed by atoms with E-state index < -0.39 is 0 Å². The summed E-state index contributed by atoms with van der Waals surface area (Å²) in [4.78, 5) is 25.9. The second kappa shape index (κ2) is 7.22. The summed E-state index contributed by atoms with van der Waals surface area (Å²) in [6.45, 7) is 4.11. The van der Waals surface area contributed by atoms with Gasteiger partial charge < -0.3 is 15.5 Å². The van der Waals surface area contributed by atoms with E-state index in [-0.39, 0.29) is 18.4 Å². The first-order valence-corrected chi connectivity index (χ1v) is 7.44. The van der Waals surface area contributed by atoms with Crippen LogP contribution in [0.1, 0.15) is 30.1 Å². The predicted molar refractivity (Wildman–Crippen MR) is 83.3 cm³/mol. The molecule has 5 nitrogen and oxygen atoms in total. The average Bonchev–Trinajstić information content (AvgIpc) is 2.48. The van der Waals surface area contributed by atoms with E-state index in [0.717, 1.165) is 25.9 Å². The van der Waals surface area contributed by atoms with E-state index in [0.29, 0.717) is 17.2 Å². The molecule has 1 fully saturated rings. The summed E-state index contributed by atoms with van der Waals surface area (Å²) in [7, 11) is 1.72. The fourth-order valence-electron chi connectivity index (χ4n) is 2.49. The van der Waals surface area contributed by atoms with Crippen molar-refractivity contribution in [2.75, 3.05) is 32.0 Å². The number of likely N-dealkylation sites (N-methyl/N-ethyl adjacent to an activating group) is 1. The molecule has 21 heavy (non-hydrogen) atoms. The first-order chi connectivity index (χ1) is 10.1. The van der Waals surface area contributed by atoms with Gasteiger partial charge in [-0.3, -0.25) is 9.59 Å². The van der Waals surface area contributed by atoms with Gasteiger partial charge in [0.1, 0.15) is 0 Å². The number of amides is 2. The van der Waals surface area contributed by atoms with Crippen molar-refractivity contribution in [1.82, 2.24) is 10.2 Å². The van der Waals surface area contributed by atoms with Gasteiger partial charge in [-0.25, -0.2) is 0 Å². The monoisotopic (exact) mass is 289 g/mol. The Hall–Kier alpha value is -1.88. The fourth-order valence-corrected chi connectivity index (χ4v) is 2.49. The average molecular weight is 289 g/mol. The minimum atomic E-state index is -0.117. The van der Waals surface area contributed by atoms with E-state index in [1.54, 1.807) is 31.3 Å². The van der Waals surface area contributed by atoms with E-state index >= 15 is 0 Å². The van der Waals surface area contributed by atoms with Gasteiger partial charge in [-0.1, -0.05) is 13.0 Å². The number of hydrogen-bond acceptors (Lipinski definition) is 3. The number of anilines is 1. The van der Waals surface area contributed by atoms with Gasteiger partial charge in [0, 0.05) is 24.3 Å². The van der Waals surface area contributed by atoms with Crippen LogP contribution in [0.15, 0.2) is 24.3 Å². The molecular weight excluding hydrogens is 266 g/mol. The lowest BCUT2D eigenvalue weighted by Gasteiger charge is -2.30. The second-order valence-electron chi connectivity index (χ2n) is 5.63. The maximum Gasteiger partial charge on any atom is 0.253 e. The number of hydrogen-bond donors (Lipinski definition) is 2. The van der Waals surface area contributed by atoms with Crippen LogP contribution in [0, 0.1) is 5.92 Å². The Balaban J connectivity index is 2.02. The Morgan fingerprint density at radius 3 is 2.67 bits per heavy atom. The van der Waals surface area contributed by atoms with Crippen molar-refractivity contribution in [1.29, 1.82) is 0 Å². The molecule has 1 aromatic rings. The van der Waals surface area contributed by atoms with Crippen molar-refractivity contribution < 1.29 is 9.59 Å². The first kappa shape index (κ1) is 15.5. The van der Waals surface area contributed by atoms with Crippen molar-refractivity contribution in [3.8, 4) is 0 Å². The Kier molecular flexibility index (Phi) is 5.33. The van der Waals surface area contributed by atoms with Gasteiger partial charge in [-0.05, 0) is 44.0 Å². The molecule has 0 bridgehead atoms. The molecule has 0 saturated carbocycles. The molecule has 2 rings (SSSR count). The number of carbonyl (C=O) groups excluding carboxylic acids is 2. The summed E-state index contributed by atoms with van der Waals surface area (Å²) in [5.41, 5.74) is 1.29. The van der Waals surface area contributed by atoms with Gasteiger partial charge in [-0.2, -0.15) is 0 Å². The van der Waals surface area contributed by atoms with Gasteiger partial charge in [0.25, 0.3) is 5.91 Å². The number of nitrogens with one attached hydrogen (secondary N) is 2. The molecule has 2 N–H and O–H groups in total. The zero-order chi connectivity index (χ0) is 15.2. The molecule has 1 heterocycles. The van der Waals surface area contributed by atoms with Gasteiger partial charge in [0.2, 0.25) is 5.91 Å². The van der Waals surface area contributed by atoms with Crippen LogP contribution < -0.4 is 10.6 Å². The summed E-state index contributed by atoms with van der Waals surface area (Å²) in [6.07, 6.45) is 2.12. The van der Waals surface area contributed by atoms with Gasteiger partial charge in [0.15, 0.2) is 0 Å². The third-order valence-electron chi connectivity index (χ3n) is 3.80. The largest absolute Gasteiger partial charge is 0.339 e. The molecule has 0 aromatic heterocycles. The summed E-state index contributed by atoms with van der Waals surface area (Å²) in [6, 6.07) is 7.14. The standard InChI is InChI=1S/C16H23N3O2/c1-12-6-8-19(9-7-12)16(21)13-4-3-5-14(10-13)18-15(20)11-17-2/h3-5,10,12,17H,6-9,11H2,1-2H3,(H,18,20). The third-order valence-corrected chi connectivity index (χ3v) is 3.80. The van der Waals surface area contributed by atoms with E-state index in [2.05, 4.69) is 17.6 Å². The molecule has 0 radical (unpaired) electrons. The lowest BCUT2D eigenvalue weighted by atomic mass is 9.98. The molecule has 0 unspecified atom stereocenters. The molecule has 2 amide bonds. The Morgan fingerprint density at radius 2 is 2.00 bits per heavy atom. The smallest absolute Gasteiger partial charge is 0.253 e. The number of benzene rings is 1. The Morgan fingerprint density at radius 1 is 1.29 bits per heavy atom. The van der Waals surface area contributed by atoms with E-state index in [1.165, 1.54) is 0 Å². The summed E-state index contributed by atoms with van der Waals surface area (Å²) < 4.78 is 0. The highest BCUT2D eigenvalue weighted by atomic mass is 16.2. The number of likely N-dealkylation sites (tertiary alicyclic amines) is 1. The Bertz CT molecular complexity index is 508. The maximum atomic E-state index is 12.5.